The average Bonchev–Trinajstić information content (AvgIpc) is 2.65. The minimum atomic E-state index is -3.63. The molecule has 4 N–H and O–H groups in total. The number of carbonyl (C=O) groups excluding carboxylic acids is 1. The summed E-state index contributed by atoms with van der Waals surface area (Å²) in [6.07, 6.45) is 1.79. The first kappa shape index (κ1) is 22.2. The number of aliphatic hydroxyl groups is 1. The molecule has 0 aromatic heterocycles. The maximum Gasteiger partial charge on any atom is 0.223 e. The lowest BCUT2D eigenvalue weighted by molar-refractivity contribution is -0.127. The maximum atomic E-state index is 13.5. The molecule has 3 fully saturated rings. The molecule has 10 heteroatoms. The second kappa shape index (κ2) is 9.12. The van der Waals surface area contributed by atoms with Crippen LogP contribution in [0, 0.1) is 5.92 Å². The molecule has 28 heavy (non-hydrogen) atoms. The normalized spacial score (nSPS) is 38.9. The Morgan fingerprint density at radius 3 is 2.43 bits per heavy atom. The van der Waals surface area contributed by atoms with Crippen LogP contribution in [-0.4, -0.2) is 71.8 Å². The molecule has 1 amide bonds. The summed E-state index contributed by atoms with van der Waals surface area (Å²) in [5.74, 6) is -0.612. The van der Waals surface area contributed by atoms with Gasteiger partial charge >= 0.3 is 0 Å². The fourth-order valence-electron chi connectivity index (χ4n) is 4.55. The molecule has 3 aliphatic rings. The van der Waals surface area contributed by atoms with E-state index in [1.165, 1.54) is 4.31 Å². The number of halogens is 2. The Balaban J connectivity index is 1.61. The highest BCUT2D eigenvalue weighted by molar-refractivity contribution is 7.89. The van der Waals surface area contributed by atoms with E-state index in [1.54, 1.807) is 0 Å². The molecule has 0 spiro atoms. The summed E-state index contributed by atoms with van der Waals surface area (Å²) >= 11 is 5.98. The number of hydrogen-bond acceptors (Lipinski definition) is 5. The molecule has 3 rings (SSSR count). The average molecular weight is 440 g/mol. The molecule has 0 bridgehead atoms. The Bertz CT molecular complexity index is 659. The summed E-state index contributed by atoms with van der Waals surface area (Å²) in [7, 11) is -3.63. The van der Waals surface area contributed by atoms with E-state index in [0.717, 1.165) is 0 Å². The summed E-state index contributed by atoms with van der Waals surface area (Å²) in [6.45, 7) is 0.570. The summed E-state index contributed by atoms with van der Waals surface area (Å²) in [5, 5.41) is 11.2. The topological polar surface area (TPSA) is 113 Å². The van der Waals surface area contributed by atoms with Crippen molar-refractivity contribution >= 4 is 27.5 Å². The molecule has 2 aliphatic carbocycles. The Hall–Kier alpha value is -0.480. The van der Waals surface area contributed by atoms with Gasteiger partial charge in [0.1, 0.15) is 6.17 Å². The predicted octanol–water partition coefficient (Wildman–Crippen LogP) is 0.883. The minimum Gasteiger partial charge on any atom is -0.393 e. The predicted molar refractivity (Wildman–Crippen MR) is 105 cm³/mol. The number of hydrogen-bond donors (Lipinski definition) is 3. The molecular formula is C18H31ClFN3O4S. The number of aliphatic hydroxyl groups excluding tert-OH is 1. The second-order valence-corrected chi connectivity index (χ2v) is 11.2. The van der Waals surface area contributed by atoms with Crippen molar-refractivity contribution in [3.05, 3.63) is 0 Å². The highest BCUT2D eigenvalue weighted by Crippen LogP contribution is 2.32. The Labute approximate surface area is 171 Å². The molecule has 0 aromatic rings. The van der Waals surface area contributed by atoms with Crippen LogP contribution in [0.4, 0.5) is 4.39 Å². The molecule has 162 valence electrons. The van der Waals surface area contributed by atoms with E-state index in [0.29, 0.717) is 44.9 Å². The Morgan fingerprint density at radius 2 is 1.79 bits per heavy atom. The van der Waals surface area contributed by atoms with Crippen molar-refractivity contribution in [1.82, 2.24) is 9.62 Å². The van der Waals surface area contributed by atoms with Crippen LogP contribution in [0.3, 0.4) is 0 Å². The van der Waals surface area contributed by atoms with Gasteiger partial charge in [-0.25, -0.2) is 17.1 Å². The number of nitrogens with one attached hydrogen (secondary N) is 1. The summed E-state index contributed by atoms with van der Waals surface area (Å²) in [4.78, 5) is 12.7. The van der Waals surface area contributed by atoms with Gasteiger partial charge in [-0.2, -0.15) is 0 Å². The van der Waals surface area contributed by atoms with E-state index >= 15 is 0 Å². The van der Waals surface area contributed by atoms with Gasteiger partial charge in [0, 0.05) is 31.1 Å². The van der Waals surface area contributed by atoms with Crippen LogP contribution >= 0.6 is 11.6 Å². The van der Waals surface area contributed by atoms with Crippen LogP contribution in [0.5, 0.6) is 0 Å². The fraction of sp³-hybridized carbons (Fsp3) is 0.944. The molecular weight excluding hydrogens is 409 g/mol. The Morgan fingerprint density at radius 1 is 1.11 bits per heavy atom. The van der Waals surface area contributed by atoms with Crippen LogP contribution in [-0.2, 0) is 14.8 Å². The number of amides is 1. The van der Waals surface area contributed by atoms with Crippen molar-refractivity contribution in [3.8, 4) is 0 Å². The molecule has 0 radical (unpaired) electrons. The molecule has 1 heterocycles. The van der Waals surface area contributed by atoms with Crippen molar-refractivity contribution in [2.75, 3.05) is 13.1 Å². The zero-order valence-electron chi connectivity index (χ0n) is 16.0. The molecule has 1 saturated heterocycles. The Kier molecular flexibility index (Phi) is 7.23. The first-order chi connectivity index (χ1) is 13.2. The number of alkyl halides is 2. The largest absolute Gasteiger partial charge is 0.393 e. The SMILES string of the molecule is NC1CCC(C(=O)NC2CCC(F)C(Cl)C2)CC1S(=O)(=O)N1CCC(O)CC1. The molecule has 7 nitrogen and oxygen atoms in total. The number of carbonyl (C=O) groups is 1. The highest BCUT2D eigenvalue weighted by atomic mass is 35.5. The van der Waals surface area contributed by atoms with Crippen LogP contribution in [0.2, 0.25) is 0 Å². The lowest BCUT2D eigenvalue weighted by Gasteiger charge is -2.38. The van der Waals surface area contributed by atoms with Crippen molar-refractivity contribution in [2.24, 2.45) is 11.7 Å². The van der Waals surface area contributed by atoms with E-state index in [9.17, 15) is 22.7 Å². The van der Waals surface area contributed by atoms with Crippen LogP contribution < -0.4 is 11.1 Å². The zero-order chi connectivity index (χ0) is 20.5. The van der Waals surface area contributed by atoms with Gasteiger partial charge in [-0.15, -0.1) is 11.6 Å². The maximum absolute atomic E-state index is 13.5. The number of nitrogens with zero attached hydrogens (tertiary/aromatic N) is 1. The van der Waals surface area contributed by atoms with Gasteiger partial charge < -0.3 is 16.2 Å². The first-order valence-electron chi connectivity index (χ1n) is 10.2. The van der Waals surface area contributed by atoms with Gasteiger partial charge in [0.2, 0.25) is 15.9 Å². The van der Waals surface area contributed by atoms with Gasteiger partial charge in [-0.3, -0.25) is 4.79 Å². The summed E-state index contributed by atoms with van der Waals surface area (Å²) < 4.78 is 41.1. The van der Waals surface area contributed by atoms with E-state index in [2.05, 4.69) is 5.32 Å². The minimum absolute atomic E-state index is 0.170. The van der Waals surface area contributed by atoms with E-state index in [-0.39, 0.29) is 31.5 Å². The third-order valence-corrected chi connectivity index (χ3v) is 9.26. The number of rotatable bonds is 4. The van der Waals surface area contributed by atoms with Crippen molar-refractivity contribution in [2.45, 2.75) is 86.4 Å². The lowest BCUT2D eigenvalue weighted by Crippen LogP contribution is -2.54. The van der Waals surface area contributed by atoms with Crippen molar-refractivity contribution in [3.63, 3.8) is 0 Å². The first-order valence-corrected chi connectivity index (χ1v) is 12.1. The molecule has 6 unspecified atom stereocenters. The van der Waals surface area contributed by atoms with Crippen molar-refractivity contribution < 1.29 is 22.7 Å². The summed E-state index contributed by atoms with van der Waals surface area (Å²) in [6, 6.07) is -0.675. The van der Waals surface area contributed by atoms with Gasteiger partial charge in [0.15, 0.2) is 0 Å². The van der Waals surface area contributed by atoms with Crippen LogP contribution in [0.15, 0.2) is 0 Å². The second-order valence-electron chi connectivity index (χ2n) is 8.44. The monoisotopic (exact) mass is 439 g/mol. The fourth-order valence-corrected chi connectivity index (χ4v) is 7.05. The van der Waals surface area contributed by atoms with Crippen LogP contribution in [0.25, 0.3) is 0 Å². The molecule has 2 saturated carbocycles. The third-order valence-electron chi connectivity index (χ3n) is 6.42. The van der Waals surface area contributed by atoms with Crippen LogP contribution in [0.1, 0.15) is 51.4 Å². The number of piperidine rings is 1. The van der Waals surface area contributed by atoms with Gasteiger partial charge in [0.25, 0.3) is 0 Å². The smallest absolute Gasteiger partial charge is 0.223 e. The van der Waals surface area contributed by atoms with Gasteiger partial charge in [-0.05, 0) is 51.4 Å². The summed E-state index contributed by atoms with van der Waals surface area (Å²) in [5.41, 5.74) is 6.13. The molecule has 6 atom stereocenters. The highest BCUT2D eigenvalue weighted by Gasteiger charge is 2.43. The third kappa shape index (κ3) is 4.98. The quantitative estimate of drug-likeness (QED) is 0.563. The van der Waals surface area contributed by atoms with E-state index < -0.39 is 44.9 Å². The van der Waals surface area contributed by atoms with Gasteiger partial charge in [0.05, 0.1) is 16.7 Å². The van der Waals surface area contributed by atoms with E-state index in [1.807, 2.05) is 0 Å². The molecule has 0 aromatic carbocycles. The van der Waals surface area contributed by atoms with E-state index in [4.69, 9.17) is 17.3 Å². The lowest BCUT2D eigenvalue weighted by atomic mass is 9.84. The van der Waals surface area contributed by atoms with Gasteiger partial charge in [-0.1, -0.05) is 0 Å². The molecule has 1 aliphatic heterocycles. The van der Waals surface area contributed by atoms with Crippen molar-refractivity contribution in [1.29, 1.82) is 0 Å². The number of sulfonamides is 1. The zero-order valence-corrected chi connectivity index (χ0v) is 17.5. The standard InChI is InChI=1S/C18H31ClFN3O4S/c19-14-10-12(2-3-15(14)20)22-18(25)11-1-4-16(21)17(9-11)28(26,27)23-7-5-13(24)6-8-23/h11-17,24H,1-10,21H2,(H,22,25). The number of nitrogens with two attached hydrogens (primary N) is 1.